The van der Waals surface area contributed by atoms with Gasteiger partial charge < -0.3 is 15.4 Å². The predicted octanol–water partition coefficient (Wildman–Crippen LogP) is 4.42. The van der Waals surface area contributed by atoms with E-state index in [9.17, 15) is 8.42 Å². The molecule has 1 aromatic carbocycles. The van der Waals surface area contributed by atoms with Crippen LogP contribution in [0.25, 0.3) is 11.2 Å². The fourth-order valence-corrected chi connectivity index (χ4v) is 4.89. The molecule has 0 aliphatic carbocycles. The van der Waals surface area contributed by atoms with Crippen LogP contribution in [0.15, 0.2) is 42.5 Å². The minimum absolute atomic E-state index is 0.155. The first-order chi connectivity index (χ1) is 17.7. The number of imidazole rings is 1. The Labute approximate surface area is 216 Å². The number of aromatic nitrogens is 5. The van der Waals surface area contributed by atoms with Gasteiger partial charge >= 0.3 is 0 Å². The molecule has 0 bridgehead atoms. The predicted molar refractivity (Wildman–Crippen MR) is 144 cm³/mol. The van der Waals surface area contributed by atoms with Crippen LogP contribution in [0, 0.1) is 13.8 Å². The quantitative estimate of drug-likeness (QED) is 0.362. The summed E-state index contributed by atoms with van der Waals surface area (Å²) in [5.74, 6) is 1.88. The maximum Gasteiger partial charge on any atom is 0.232 e. The fraction of sp³-hybridized carbons (Fsp3) is 0.360. The Bertz CT molecular complexity index is 1530. The van der Waals surface area contributed by atoms with Gasteiger partial charge in [0.2, 0.25) is 10.0 Å². The number of aryl methyl sites for hydroxylation is 2. The molecule has 194 valence electrons. The van der Waals surface area contributed by atoms with Gasteiger partial charge in [0, 0.05) is 19.7 Å². The number of hydrogen-bond acceptors (Lipinski definition) is 9. The number of nitrogens with zero attached hydrogens (tertiary/aromatic N) is 6. The number of nitrogens with one attached hydrogen (secondary N) is 2. The van der Waals surface area contributed by atoms with Crippen LogP contribution in [0.2, 0.25) is 0 Å². The van der Waals surface area contributed by atoms with E-state index in [1.54, 1.807) is 12.1 Å². The first-order valence-corrected chi connectivity index (χ1v) is 13.9. The summed E-state index contributed by atoms with van der Waals surface area (Å²) in [7, 11) is -1.94. The van der Waals surface area contributed by atoms with E-state index in [-0.39, 0.29) is 6.23 Å². The van der Waals surface area contributed by atoms with Crippen LogP contribution >= 0.6 is 0 Å². The lowest BCUT2D eigenvalue weighted by atomic mass is 10.2. The minimum Gasteiger partial charge on any atom is -0.358 e. The molecule has 12 heteroatoms. The second kappa shape index (κ2) is 9.94. The number of pyridine rings is 1. The molecule has 37 heavy (non-hydrogen) atoms. The summed E-state index contributed by atoms with van der Waals surface area (Å²) in [6.45, 7) is 4.50. The molecule has 0 spiro atoms. The number of sulfonamides is 1. The van der Waals surface area contributed by atoms with Crippen molar-refractivity contribution in [2.24, 2.45) is 0 Å². The highest BCUT2D eigenvalue weighted by Gasteiger charge is 2.24. The number of rotatable bonds is 7. The van der Waals surface area contributed by atoms with Gasteiger partial charge in [0.25, 0.3) is 0 Å². The van der Waals surface area contributed by atoms with Crippen molar-refractivity contribution in [3.8, 4) is 0 Å². The first kappa shape index (κ1) is 24.9. The lowest BCUT2D eigenvalue weighted by Gasteiger charge is -2.25. The van der Waals surface area contributed by atoms with Gasteiger partial charge in [-0.05, 0) is 57.4 Å². The van der Waals surface area contributed by atoms with Gasteiger partial charge in [-0.25, -0.2) is 18.4 Å². The molecule has 3 aromatic heterocycles. The molecular formula is C25H30N8O3S. The van der Waals surface area contributed by atoms with Crippen molar-refractivity contribution >= 4 is 49.9 Å². The van der Waals surface area contributed by atoms with Gasteiger partial charge in [0.05, 0.1) is 29.0 Å². The highest BCUT2D eigenvalue weighted by molar-refractivity contribution is 7.92. The summed E-state index contributed by atoms with van der Waals surface area (Å²) in [6.07, 6.45) is 3.99. The molecule has 4 heterocycles. The Balaban J connectivity index is 1.63. The summed E-state index contributed by atoms with van der Waals surface area (Å²) in [6, 6.07) is 12.8. The van der Waals surface area contributed by atoms with E-state index in [2.05, 4.69) is 20.8 Å². The van der Waals surface area contributed by atoms with Gasteiger partial charge in [-0.2, -0.15) is 5.10 Å². The molecule has 0 amide bonds. The average molecular weight is 523 g/mol. The number of fused-ring (bicyclic) bond motifs is 1. The molecule has 0 saturated carbocycles. The highest BCUT2D eigenvalue weighted by Crippen LogP contribution is 2.36. The van der Waals surface area contributed by atoms with Gasteiger partial charge in [0.15, 0.2) is 11.5 Å². The van der Waals surface area contributed by atoms with Crippen LogP contribution in [0.4, 0.5) is 28.7 Å². The van der Waals surface area contributed by atoms with E-state index in [0.29, 0.717) is 46.5 Å². The number of para-hydroxylation sites is 2. The molecule has 5 rings (SSSR count). The summed E-state index contributed by atoms with van der Waals surface area (Å²) in [4.78, 5) is 9.72. The fourth-order valence-electron chi connectivity index (χ4n) is 4.38. The molecular weight excluding hydrogens is 492 g/mol. The van der Waals surface area contributed by atoms with Crippen molar-refractivity contribution in [3.63, 3.8) is 0 Å². The van der Waals surface area contributed by atoms with E-state index >= 15 is 0 Å². The van der Waals surface area contributed by atoms with Crippen LogP contribution in [0.5, 0.6) is 0 Å². The third-order valence-corrected chi connectivity index (χ3v) is 7.52. The number of benzene rings is 1. The Kier molecular flexibility index (Phi) is 6.69. The Morgan fingerprint density at radius 3 is 2.51 bits per heavy atom. The minimum atomic E-state index is -3.47. The van der Waals surface area contributed by atoms with Crippen molar-refractivity contribution in [2.45, 2.75) is 39.3 Å². The molecule has 1 atom stereocenters. The molecule has 1 aliphatic rings. The molecule has 1 saturated heterocycles. The summed E-state index contributed by atoms with van der Waals surface area (Å²) >= 11 is 0. The van der Waals surface area contributed by atoms with Crippen LogP contribution in [-0.4, -0.2) is 53.1 Å². The lowest BCUT2D eigenvalue weighted by Crippen LogP contribution is -2.25. The molecule has 11 nitrogen and oxygen atoms in total. The van der Waals surface area contributed by atoms with E-state index in [1.807, 2.05) is 48.7 Å². The second-order valence-electron chi connectivity index (χ2n) is 9.14. The summed E-state index contributed by atoms with van der Waals surface area (Å²) in [5, 5.41) is 15.0. The van der Waals surface area contributed by atoms with Crippen molar-refractivity contribution in [3.05, 3.63) is 54.0 Å². The normalized spacial score (nSPS) is 16.1. The van der Waals surface area contributed by atoms with Crippen molar-refractivity contribution < 1.29 is 13.2 Å². The second-order valence-corrected chi connectivity index (χ2v) is 11.1. The van der Waals surface area contributed by atoms with Crippen molar-refractivity contribution in [2.75, 3.05) is 34.8 Å². The summed E-state index contributed by atoms with van der Waals surface area (Å²) < 4.78 is 33.9. The molecule has 1 fully saturated rings. The number of ether oxygens (including phenoxy) is 1. The van der Waals surface area contributed by atoms with E-state index < -0.39 is 10.0 Å². The molecule has 0 radical (unpaired) electrons. The van der Waals surface area contributed by atoms with Crippen molar-refractivity contribution in [1.29, 1.82) is 0 Å². The number of anilines is 5. The monoisotopic (exact) mass is 522 g/mol. The van der Waals surface area contributed by atoms with E-state index in [4.69, 9.17) is 14.7 Å². The zero-order valence-electron chi connectivity index (χ0n) is 21.3. The van der Waals surface area contributed by atoms with E-state index in [0.717, 1.165) is 30.8 Å². The molecule has 1 aliphatic heterocycles. The smallest absolute Gasteiger partial charge is 0.232 e. The maximum atomic E-state index is 12.3. The summed E-state index contributed by atoms with van der Waals surface area (Å²) in [5.41, 5.74) is 3.92. The SMILES string of the molecule is Cc1ccc(Nc2cc(Nc3ccccc3N(C)S(C)(=O)=O)c3nc(C)n(C4CCCCO4)c3n2)nn1. The van der Waals surface area contributed by atoms with E-state index in [1.165, 1.54) is 17.6 Å². The lowest BCUT2D eigenvalue weighted by molar-refractivity contribution is -0.0308. The molecule has 2 N–H and O–H groups in total. The first-order valence-electron chi connectivity index (χ1n) is 12.1. The van der Waals surface area contributed by atoms with Crippen LogP contribution in [0.3, 0.4) is 0 Å². The van der Waals surface area contributed by atoms with Crippen molar-refractivity contribution in [1.82, 2.24) is 24.7 Å². The zero-order valence-corrected chi connectivity index (χ0v) is 22.1. The van der Waals surface area contributed by atoms with Gasteiger partial charge in [-0.1, -0.05) is 12.1 Å². The molecule has 1 unspecified atom stereocenters. The highest BCUT2D eigenvalue weighted by atomic mass is 32.2. The Morgan fingerprint density at radius 2 is 1.81 bits per heavy atom. The topological polar surface area (TPSA) is 127 Å². The van der Waals surface area contributed by atoms with Crippen LogP contribution in [0.1, 0.15) is 37.0 Å². The maximum absolute atomic E-state index is 12.3. The number of hydrogen-bond donors (Lipinski definition) is 2. The van der Waals surface area contributed by atoms with Crippen LogP contribution < -0.4 is 14.9 Å². The Morgan fingerprint density at radius 1 is 1.00 bits per heavy atom. The van der Waals surface area contributed by atoms with Gasteiger partial charge in [0.1, 0.15) is 23.4 Å². The van der Waals surface area contributed by atoms with Gasteiger partial charge in [-0.15, -0.1) is 5.10 Å². The average Bonchev–Trinajstić information content (AvgIpc) is 3.21. The largest absolute Gasteiger partial charge is 0.358 e. The zero-order chi connectivity index (χ0) is 26.2. The third-order valence-electron chi connectivity index (χ3n) is 6.33. The van der Waals surface area contributed by atoms with Gasteiger partial charge in [-0.3, -0.25) is 8.87 Å². The Hall–Kier alpha value is -3.77. The third kappa shape index (κ3) is 5.20. The van der Waals surface area contributed by atoms with Crippen LogP contribution in [-0.2, 0) is 14.8 Å². The molecule has 4 aromatic rings. The standard InChI is InChI=1S/C25H30N8O3S/c1-16-12-13-21(31-30-16)28-22-15-19(27-18-9-5-6-10-20(18)32(3)37(4,34)35)24-25(29-22)33(17(2)26-24)23-11-7-8-14-36-23/h5-6,9-10,12-13,15,23H,7-8,11,14H2,1-4H3,(H2,27,28,29,31).